The van der Waals surface area contributed by atoms with E-state index in [1.165, 1.54) is 17.8 Å². The Morgan fingerprint density at radius 1 is 0.906 bits per heavy atom. The van der Waals surface area contributed by atoms with Gasteiger partial charge in [0.25, 0.3) is 5.56 Å². The van der Waals surface area contributed by atoms with Gasteiger partial charge in [-0.2, -0.15) is 0 Å². The fourth-order valence-electron chi connectivity index (χ4n) is 3.76. The van der Waals surface area contributed by atoms with E-state index in [1.807, 2.05) is 73.7 Å². The normalized spacial score (nSPS) is 11.3. The van der Waals surface area contributed by atoms with E-state index in [9.17, 15) is 9.59 Å². The lowest BCUT2D eigenvalue weighted by Crippen LogP contribution is -2.24. The van der Waals surface area contributed by atoms with E-state index in [4.69, 9.17) is 9.40 Å². The first-order valence-electron chi connectivity index (χ1n) is 10.3. The number of hydrogen-bond acceptors (Lipinski definition) is 5. The molecule has 0 spiro atoms. The molecule has 5 nitrogen and oxygen atoms in total. The highest BCUT2D eigenvalue weighted by atomic mass is 32.2. The Kier molecular flexibility index (Phi) is 5.37. The molecule has 0 N–H and O–H groups in total. The van der Waals surface area contributed by atoms with Gasteiger partial charge in [0, 0.05) is 17.2 Å². The smallest absolute Gasteiger partial charge is 0.336 e. The van der Waals surface area contributed by atoms with Crippen molar-refractivity contribution in [3.63, 3.8) is 0 Å². The van der Waals surface area contributed by atoms with E-state index in [0.29, 0.717) is 33.9 Å². The summed E-state index contributed by atoms with van der Waals surface area (Å²) in [7, 11) is 0. The van der Waals surface area contributed by atoms with Crippen LogP contribution in [-0.4, -0.2) is 9.55 Å². The highest BCUT2D eigenvalue weighted by molar-refractivity contribution is 7.98. The Balaban J connectivity index is 1.58. The molecule has 0 aliphatic heterocycles. The lowest BCUT2D eigenvalue weighted by atomic mass is 10.1. The van der Waals surface area contributed by atoms with Crippen LogP contribution in [0.25, 0.3) is 21.9 Å². The molecular formula is C26H20N2O3S. The molecule has 3 aromatic carbocycles. The first kappa shape index (κ1) is 20.3. The van der Waals surface area contributed by atoms with Gasteiger partial charge in [0.15, 0.2) is 5.16 Å². The maximum absolute atomic E-state index is 13.3. The molecule has 0 amide bonds. The third-order valence-electron chi connectivity index (χ3n) is 5.35. The summed E-state index contributed by atoms with van der Waals surface area (Å²) in [5.41, 5.74) is 3.68. The lowest BCUT2D eigenvalue weighted by molar-refractivity contribution is 0.559. The molecule has 5 rings (SSSR count). The van der Waals surface area contributed by atoms with E-state index >= 15 is 0 Å². The van der Waals surface area contributed by atoms with Crippen molar-refractivity contribution in [2.45, 2.75) is 24.4 Å². The number of hydrogen-bond donors (Lipinski definition) is 0. The van der Waals surface area contributed by atoms with E-state index in [0.717, 1.165) is 22.1 Å². The van der Waals surface area contributed by atoms with E-state index in [1.54, 1.807) is 10.6 Å². The Morgan fingerprint density at radius 2 is 1.69 bits per heavy atom. The van der Waals surface area contributed by atoms with E-state index in [-0.39, 0.29) is 11.2 Å². The van der Waals surface area contributed by atoms with Crippen LogP contribution >= 0.6 is 11.8 Å². The van der Waals surface area contributed by atoms with Crippen molar-refractivity contribution in [2.75, 3.05) is 0 Å². The highest BCUT2D eigenvalue weighted by Crippen LogP contribution is 2.27. The van der Waals surface area contributed by atoms with Crippen LogP contribution in [0.4, 0.5) is 0 Å². The number of aryl methyl sites for hydroxylation is 1. The first-order chi connectivity index (χ1) is 15.6. The van der Waals surface area contributed by atoms with Crippen LogP contribution in [0, 0.1) is 6.92 Å². The second-order valence-corrected chi connectivity index (χ2v) is 8.61. The van der Waals surface area contributed by atoms with Gasteiger partial charge in [-0.15, -0.1) is 0 Å². The molecule has 0 aliphatic carbocycles. The maximum Gasteiger partial charge on any atom is 0.336 e. The predicted molar refractivity (Wildman–Crippen MR) is 128 cm³/mol. The molecule has 0 aliphatic rings. The van der Waals surface area contributed by atoms with Gasteiger partial charge in [0.1, 0.15) is 5.58 Å². The predicted octanol–water partition coefficient (Wildman–Crippen LogP) is 5.15. The minimum atomic E-state index is -0.383. The monoisotopic (exact) mass is 440 g/mol. The van der Waals surface area contributed by atoms with Gasteiger partial charge in [-0.05, 0) is 41.8 Å². The number of aromatic nitrogens is 2. The molecule has 2 heterocycles. The third kappa shape index (κ3) is 3.97. The van der Waals surface area contributed by atoms with Gasteiger partial charge in [-0.3, -0.25) is 9.36 Å². The van der Waals surface area contributed by atoms with E-state index < -0.39 is 0 Å². The highest BCUT2D eigenvalue weighted by Gasteiger charge is 2.14. The van der Waals surface area contributed by atoms with Crippen molar-refractivity contribution in [1.82, 2.24) is 9.55 Å². The summed E-state index contributed by atoms with van der Waals surface area (Å²) >= 11 is 1.45. The van der Waals surface area contributed by atoms with Gasteiger partial charge in [0.2, 0.25) is 0 Å². The van der Waals surface area contributed by atoms with Gasteiger partial charge in [-0.25, -0.2) is 9.78 Å². The van der Waals surface area contributed by atoms with E-state index in [2.05, 4.69) is 0 Å². The minimum absolute atomic E-state index is 0.0741. The van der Waals surface area contributed by atoms with Crippen molar-refractivity contribution in [3.05, 3.63) is 116 Å². The van der Waals surface area contributed by atoms with Crippen LogP contribution in [0.3, 0.4) is 0 Å². The minimum Gasteiger partial charge on any atom is -0.423 e. The Morgan fingerprint density at radius 3 is 2.53 bits per heavy atom. The fraction of sp³-hybridized carbons (Fsp3) is 0.115. The molecule has 0 unspecified atom stereocenters. The molecule has 0 bridgehead atoms. The van der Waals surface area contributed by atoms with Gasteiger partial charge < -0.3 is 4.42 Å². The van der Waals surface area contributed by atoms with Gasteiger partial charge in [-0.1, -0.05) is 66.4 Å². The van der Waals surface area contributed by atoms with Gasteiger partial charge >= 0.3 is 5.63 Å². The zero-order valence-electron chi connectivity index (χ0n) is 17.4. The topological polar surface area (TPSA) is 65.1 Å². The molecule has 0 radical (unpaired) electrons. The van der Waals surface area contributed by atoms with Crippen molar-refractivity contribution >= 4 is 33.6 Å². The van der Waals surface area contributed by atoms with Crippen molar-refractivity contribution in [2.24, 2.45) is 0 Å². The molecule has 6 heteroatoms. The number of thioether (sulfide) groups is 1. The summed E-state index contributed by atoms with van der Waals surface area (Å²) in [5, 5.41) is 2.10. The second kappa shape index (κ2) is 8.48. The molecule has 2 aromatic heterocycles. The SMILES string of the molecule is Cc1ccc2c(CSc3nc4ccccc4c(=O)n3Cc3ccccc3)cc(=O)oc2c1. The van der Waals surface area contributed by atoms with Gasteiger partial charge in [0.05, 0.1) is 17.4 Å². The fourth-order valence-corrected chi connectivity index (χ4v) is 4.75. The summed E-state index contributed by atoms with van der Waals surface area (Å²) in [6, 6.07) is 24.6. The average molecular weight is 441 g/mol. The molecule has 32 heavy (non-hydrogen) atoms. The zero-order chi connectivity index (χ0) is 22.1. The number of benzene rings is 3. The molecule has 0 fully saturated rings. The first-order valence-corrected chi connectivity index (χ1v) is 11.3. The zero-order valence-corrected chi connectivity index (χ0v) is 18.3. The van der Waals surface area contributed by atoms with Crippen LogP contribution in [0.15, 0.2) is 98.0 Å². The summed E-state index contributed by atoms with van der Waals surface area (Å²) in [6.07, 6.45) is 0. The summed E-state index contributed by atoms with van der Waals surface area (Å²) in [5.74, 6) is 0.491. The quantitative estimate of drug-likeness (QED) is 0.215. The lowest BCUT2D eigenvalue weighted by Gasteiger charge is -2.14. The Hall–Kier alpha value is -3.64. The molecule has 158 valence electrons. The van der Waals surface area contributed by atoms with Crippen LogP contribution in [0.1, 0.15) is 16.7 Å². The molecule has 0 atom stereocenters. The van der Waals surface area contributed by atoms with Crippen LogP contribution in [0.2, 0.25) is 0 Å². The Bertz CT molecular complexity index is 1560. The maximum atomic E-state index is 13.3. The molecule has 5 aromatic rings. The number of fused-ring (bicyclic) bond motifs is 2. The third-order valence-corrected chi connectivity index (χ3v) is 6.38. The number of rotatable bonds is 5. The van der Waals surface area contributed by atoms with Crippen molar-refractivity contribution < 1.29 is 4.42 Å². The summed E-state index contributed by atoms with van der Waals surface area (Å²) in [6.45, 7) is 2.39. The largest absolute Gasteiger partial charge is 0.423 e. The Labute approximate surface area is 188 Å². The van der Waals surface area contributed by atoms with Crippen LogP contribution in [0.5, 0.6) is 0 Å². The van der Waals surface area contributed by atoms with Crippen LogP contribution < -0.4 is 11.2 Å². The van der Waals surface area contributed by atoms with Crippen molar-refractivity contribution in [1.29, 1.82) is 0 Å². The molecular weight excluding hydrogens is 420 g/mol. The standard InChI is InChI=1S/C26H20N2O3S/c1-17-11-12-20-19(14-24(29)31-23(20)13-17)16-32-26-27-22-10-6-5-9-21(22)25(30)28(26)15-18-7-3-2-4-8-18/h2-14H,15-16H2,1H3. The van der Waals surface area contributed by atoms with Crippen molar-refractivity contribution in [3.8, 4) is 0 Å². The van der Waals surface area contributed by atoms with Crippen LogP contribution in [-0.2, 0) is 12.3 Å². The second-order valence-electron chi connectivity index (χ2n) is 7.67. The molecule has 0 saturated carbocycles. The number of para-hydroxylation sites is 1. The average Bonchev–Trinajstić information content (AvgIpc) is 2.80. The summed E-state index contributed by atoms with van der Waals surface area (Å²) in [4.78, 5) is 30.2. The summed E-state index contributed by atoms with van der Waals surface area (Å²) < 4.78 is 7.09. The molecule has 0 saturated heterocycles. The number of nitrogens with zero attached hydrogens (tertiary/aromatic N) is 2.